The minimum atomic E-state index is -0.735. The summed E-state index contributed by atoms with van der Waals surface area (Å²) in [4.78, 5) is 17.6. The average Bonchev–Trinajstić information content (AvgIpc) is 2.23. The first kappa shape index (κ1) is 10.5. The Hall–Kier alpha value is -2.04. The second-order valence-electron chi connectivity index (χ2n) is 3.33. The van der Waals surface area contributed by atoms with Gasteiger partial charge >= 0.3 is 0 Å². The summed E-state index contributed by atoms with van der Waals surface area (Å²) >= 11 is 0. The number of aromatic amines is 1. The molecule has 1 aromatic carbocycles. The van der Waals surface area contributed by atoms with E-state index < -0.39 is 11.6 Å². The predicted molar refractivity (Wildman–Crippen MR) is 54.9 cm³/mol. The van der Waals surface area contributed by atoms with Crippen LogP contribution in [0.1, 0.15) is 5.56 Å². The molecule has 0 fully saturated rings. The van der Waals surface area contributed by atoms with Crippen molar-refractivity contribution in [3.8, 4) is 11.3 Å². The molecule has 3 nitrogen and oxygen atoms in total. The Morgan fingerprint density at radius 3 is 2.75 bits per heavy atom. The summed E-state index contributed by atoms with van der Waals surface area (Å²) in [7, 11) is 0. The van der Waals surface area contributed by atoms with Crippen molar-refractivity contribution in [1.82, 2.24) is 9.97 Å². The molecule has 2 aromatic rings. The summed E-state index contributed by atoms with van der Waals surface area (Å²) in [6.07, 6.45) is 1.19. The van der Waals surface area contributed by atoms with E-state index in [1.807, 2.05) is 0 Å². The monoisotopic (exact) mass is 222 g/mol. The molecule has 0 spiro atoms. The number of nitrogens with zero attached hydrogens (tertiary/aromatic N) is 1. The van der Waals surface area contributed by atoms with Crippen LogP contribution in [0.2, 0.25) is 0 Å². The topological polar surface area (TPSA) is 45.8 Å². The molecule has 0 unspecified atom stereocenters. The van der Waals surface area contributed by atoms with Crippen LogP contribution in [-0.4, -0.2) is 9.97 Å². The van der Waals surface area contributed by atoms with Crippen LogP contribution in [0.3, 0.4) is 0 Å². The van der Waals surface area contributed by atoms with E-state index in [0.717, 1.165) is 12.1 Å². The number of halogens is 2. The average molecular weight is 222 g/mol. The van der Waals surface area contributed by atoms with E-state index in [1.165, 1.54) is 19.3 Å². The highest BCUT2D eigenvalue weighted by molar-refractivity contribution is 5.62. The molecule has 0 saturated carbocycles. The highest BCUT2D eigenvalue weighted by Gasteiger charge is 2.11. The normalized spacial score (nSPS) is 10.4. The van der Waals surface area contributed by atoms with Crippen molar-refractivity contribution in [3.63, 3.8) is 0 Å². The lowest BCUT2D eigenvalue weighted by molar-refractivity contribution is 0.585. The summed E-state index contributed by atoms with van der Waals surface area (Å²) in [6, 6.07) is 3.15. The fraction of sp³-hybridized carbons (Fsp3) is 0.0909. The maximum absolute atomic E-state index is 13.5. The molecule has 5 heteroatoms. The van der Waals surface area contributed by atoms with Crippen molar-refractivity contribution in [2.24, 2.45) is 0 Å². The fourth-order valence-electron chi connectivity index (χ4n) is 1.42. The number of nitrogens with one attached hydrogen (secondary N) is 1. The second-order valence-corrected chi connectivity index (χ2v) is 3.33. The smallest absolute Gasteiger partial charge is 0.254 e. The molecule has 1 aromatic heterocycles. The summed E-state index contributed by atoms with van der Waals surface area (Å²) < 4.78 is 26.2. The molecular weight excluding hydrogens is 214 g/mol. The number of aromatic nitrogens is 2. The van der Waals surface area contributed by atoms with Gasteiger partial charge in [0.1, 0.15) is 11.6 Å². The first-order valence-electron chi connectivity index (χ1n) is 4.59. The number of H-pyrrole nitrogens is 1. The zero-order chi connectivity index (χ0) is 11.7. The van der Waals surface area contributed by atoms with Gasteiger partial charge in [0.2, 0.25) is 0 Å². The predicted octanol–water partition coefficient (Wildman–Crippen LogP) is 2.02. The van der Waals surface area contributed by atoms with Gasteiger partial charge in [-0.1, -0.05) is 0 Å². The van der Waals surface area contributed by atoms with Crippen molar-refractivity contribution in [2.75, 3.05) is 0 Å². The lowest BCUT2D eigenvalue weighted by Crippen LogP contribution is -2.11. The van der Waals surface area contributed by atoms with Gasteiger partial charge in [0.05, 0.1) is 12.0 Å². The van der Waals surface area contributed by atoms with Crippen LogP contribution in [-0.2, 0) is 0 Å². The molecule has 82 valence electrons. The zero-order valence-electron chi connectivity index (χ0n) is 8.42. The van der Waals surface area contributed by atoms with Crippen LogP contribution >= 0.6 is 0 Å². The number of hydrogen-bond donors (Lipinski definition) is 1. The van der Waals surface area contributed by atoms with Crippen LogP contribution in [0.15, 0.2) is 29.3 Å². The van der Waals surface area contributed by atoms with E-state index in [2.05, 4.69) is 9.97 Å². The van der Waals surface area contributed by atoms with Gasteiger partial charge in [-0.05, 0) is 19.1 Å². The van der Waals surface area contributed by atoms with Gasteiger partial charge in [-0.2, -0.15) is 0 Å². The van der Waals surface area contributed by atoms with E-state index in [9.17, 15) is 13.6 Å². The lowest BCUT2D eigenvalue weighted by Gasteiger charge is -2.04. The maximum Gasteiger partial charge on any atom is 0.254 e. The van der Waals surface area contributed by atoms with Gasteiger partial charge in [0, 0.05) is 17.2 Å². The molecule has 0 amide bonds. The Bertz CT molecular complexity index is 593. The molecule has 0 radical (unpaired) electrons. The van der Waals surface area contributed by atoms with Gasteiger partial charge < -0.3 is 4.98 Å². The van der Waals surface area contributed by atoms with E-state index >= 15 is 0 Å². The number of hydrogen-bond acceptors (Lipinski definition) is 2. The minimum absolute atomic E-state index is 0.116. The fourth-order valence-corrected chi connectivity index (χ4v) is 1.42. The SMILES string of the molecule is Cc1c(-c2ccc(F)cc2F)nc[nH]c1=O. The largest absolute Gasteiger partial charge is 0.313 e. The second kappa shape index (κ2) is 3.84. The van der Waals surface area contributed by atoms with Crippen molar-refractivity contribution < 1.29 is 8.78 Å². The van der Waals surface area contributed by atoms with Crippen LogP contribution in [0.25, 0.3) is 11.3 Å². The number of rotatable bonds is 1. The highest BCUT2D eigenvalue weighted by atomic mass is 19.1. The minimum Gasteiger partial charge on any atom is -0.313 e. The van der Waals surface area contributed by atoms with E-state index in [1.54, 1.807) is 0 Å². The molecule has 1 N–H and O–H groups in total. The van der Waals surface area contributed by atoms with Gasteiger partial charge in [-0.25, -0.2) is 13.8 Å². The molecule has 0 atom stereocenters. The molecule has 0 bridgehead atoms. The molecule has 0 aliphatic rings. The summed E-state index contributed by atoms with van der Waals surface area (Å²) in [5, 5.41) is 0. The molecular formula is C11H8F2N2O. The first-order chi connectivity index (χ1) is 7.59. The molecule has 0 aliphatic heterocycles. The van der Waals surface area contributed by atoms with Crippen molar-refractivity contribution in [3.05, 3.63) is 52.1 Å². The molecule has 0 aliphatic carbocycles. The molecule has 1 heterocycles. The third-order valence-electron chi connectivity index (χ3n) is 2.27. The summed E-state index contributed by atoms with van der Waals surface area (Å²) in [5.74, 6) is -1.40. The molecule has 2 rings (SSSR count). The third kappa shape index (κ3) is 1.71. The highest BCUT2D eigenvalue weighted by Crippen LogP contribution is 2.22. The van der Waals surface area contributed by atoms with Crippen molar-refractivity contribution >= 4 is 0 Å². The summed E-state index contributed by atoms with van der Waals surface area (Å²) in [6.45, 7) is 1.53. The van der Waals surface area contributed by atoms with Crippen LogP contribution in [0.5, 0.6) is 0 Å². The van der Waals surface area contributed by atoms with Gasteiger partial charge in [-0.3, -0.25) is 4.79 Å². The van der Waals surface area contributed by atoms with Crippen LogP contribution < -0.4 is 5.56 Å². The van der Waals surface area contributed by atoms with Crippen molar-refractivity contribution in [1.29, 1.82) is 0 Å². The quantitative estimate of drug-likeness (QED) is 0.802. The lowest BCUT2D eigenvalue weighted by atomic mass is 10.1. The number of benzene rings is 1. The maximum atomic E-state index is 13.5. The van der Waals surface area contributed by atoms with Crippen LogP contribution in [0.4, 0.5) is 8.78 Å². The van der Waals surface area contributed by atoms with E-state index in [4.69, 9.17) is 0 Å². The van der Waals surface area contributed by atoms with Crippen molar-refractivity contribution in [2.45, 2.75) is 6.92 Å². The Balaban J connectivity index is 2.68. The molecule has 0 saturated heterocycles. The molecule has 16 heavy (non-hydrogen) atoms. The van der Waals surface area contributed by atoms with Crippen LogP contribution in [0, 0.1) is 18.6 Å². The van der Waals surface area contributed by atoms with E-state index in [0.29, 0.717) is 5.56 Å². The third-order valence-corrected chi connectivity index (χ3v) is 2.27. The van der Waals surface area contributed by atoms with Gasteiger partial charge in [0.25, 0.3) is 5.56 Å². The Labute approximate surface area is 89.8 Å². The van der Waals surface area contributed by atoms with E-state index in [-0.39, 0.29) is 16.8 Å². The Kier molecular flexibility index (Phi) is 2.52. The Morgan fingerprint density at radius 1 is 1.31 bits per heavy atom. The zero-order valence-corrected chi connectivity index (χ0v) is 8.42. The Morgan fingerprint density at radius 2 is 2.06 bits per heavy atom. The van der Waals surface area contributed by atoms with Gasteiger partial charge in [-0.15, -0.1) is 0 Å². The summed E-state index contributed by atoms with van der Waals surface area (Å²) in [5.41, 5.74) is 0.299. The van der Waals surface area contributed by atoms with Gasteiger partial charge in [0.15, 0.2) is 0 Å². The standard InChI is InChI=1S/C11H8F2N2O/c1-6-10(14-5-15-11(6)16)8-3-2-7(12)4-9(8)13/h2-5H,1H3,(H,14,15,16). The first-order valence-corrected chi connectivity index (χ1v) is 4.59.